The molecule has 0 unspecified atom stereocenters. The van der Waals surface area contributed by atoms with Gasteiger partial charge in [0.15, 0.2) is 5.82 Å². The number of halogens is 1. The lowest BCUT2D eigenvalue weighted by Gasteiger charge is -2.08. The van der Waals surface area contributed by atoms with Crippen molar-refractivity contribution in [3.8, 4) is 11.4 Å². The van der Waals surface area contributed by atoms with E-state index in [4.69, 9.17) is 0 Å². The predicted octanol–water partition coefficient (Wildman–Crippen LogP) is 3.00. The van der Waals surface area contributed by atoms with Crippen LogP contribution in [0, 0.1) is 5.82 Å². The summed E-state index contributed by atoms with van der Waals surface area (Å²) in [6, 6.07) is 13.7. The highest BCUT2D eigenvalue weighted by atomic mass is 19.1. The van der Waals surface area contributed by atoms with Crippen LogP contribution in [-0.4, -0.2) is 26.1 Å². The van der Waals surface area contributed by atoms with E-state index >= 15 is 0 Å². The van der Waals surface area contributed by atoms with E-state index in [1.165, 1.54) is 12.1 Å². The number of nitrogens with one attached hydrogen (secondary N) is 1. The van der Waals surface area contributed by atoms with Gasteiger partial charge >= 0.3 is 0 Å². The number of anilines is 1. The number of hydrogen-bond donors (Lipinski definition) is 1. The van der Waals surface area contributed by atoms with Gasteiger partial charge in [0.25, 0.3) is 0 Å². The Bertz CT molecular complexity index is 902. The number of tetrazole rings is 1. The van der Waals surface area contributed by atoms with Crippen molar-refractivity contribution in [3.63, 3.8) is 0 Å². The Morgan fingerprint density at radius 3 is 2.76 bits per heavy atom. The zero-order valence-corrected chi connectivity index (χ0v) is 13.4. The van der Waals surface area contributed by atoms with Gasteiger partial charge < -0.3 is 5.32 Å². The fourth-order valence-electron chi connectivity index (χ4n) is 2.68. The van der Waals surface area contributed by atoms with Crippen LogP contribution < -0.4 is 5.32 Å². The van der Waals surface area contributed by atoms with Crippen molar-refractivity contribution in [2.24, 2.45) is 0 Å². The second kappa shape index (κ2) is 6.43. The van der Waals surface area contributed by atoms with Crippen LogP contribution in [-0.2, 0) is 11.2 Å². The maximum Gasteiger partial charge on any atom is 0.228 e. The molecular formula is C18H16FN5O. The van der Waals surface area contributed by atoms with Crippen LogP contribution in [0.25, 0.3) is 11.4 Å². The van der Waals surface area contributed by atoms with Crippen molar-refractivity contribution in [3.05, 3.63) is 59.9 Å². The molecule has 1 heterocycles. The van der Waals surface area contributed by atoms with E-state index < -0.39 is 0 Å². The third-order valence-electron chi connectivity index (χ3n) is 4.07. The van der Waals surface area contributed by atoms with Gasteiger partial charge in [-0.15, -0.1) is 5.10 Å². The van der Waals surface area contributed by atoms with Crippen LogP contribution in [0.1, 0.15) is 24.4 Å². The van der Waals surface area contributed by atoms with Crippen LogP contribution in [0.15, 0.2) is 48.5 Å². The molecule has 0 atom stereocenters. The molecule has 1 N–H and O–H groups in total. The Hall–Kier alpha value is -3.09. The second-order valence-electron chi connectivity index (χ2n) is 6.11. The van der Waals surface area contributed by atoms with E-state index in [0.29, 0.717) is 17.6 Å². The number of carbonyl (C=O) groups excluding carboxylic acids is 1. The zero-order chi connectivity index (χ0) is 17.2. The van der Waals surface area contributed by atoms with Crippen molar-refractivity contribution in [2.75, 3.05) is 5.32 Å². The number of carbonyl (C=O) groups is 1. The Balaban J connectivity index is 1.48. The number of benzene rings is 2. The highest BCUT2D eigenvalue weighted by Crippen LogP contribution is 2.36. The van der Waals surface area contributed by atoms with Crippen molar-refractivity contribution in [1.29, 1.82) is 0 Å². The molecule has 7 heteroatoms. The Morgan fingerprint density at radius 1 is 1.20 bits per heavy atom. The van der Waals surface area contributed by atoms with Crippen LogP contribution in [0.2, 0.25) is 0 Å². The van der Waals surface area contributed by atoms with Gasteiger partial charge in [0, 0.05) is 11.3 Å². The molecule has 2 aromatic carbocycles. The van der Waals surface area contributed by atoms with Crippen molar-refractivity contribution in [2.45, 2.75) is 25.3 Å². The number of amides is 1. The van der Waals surface area contributed by atoms with Gasteiger partial charge in [-0.3, -0.25) is 4.79 Å². The first-order chi connectivity index (χ1) is 12.2. The third-order valence-corrected chi connectivity index (χ3v) is 4.07. The van der Waals surface area contributed by atoms with Crippen LogP contribution >= 0.6 is 0 Å². The minimum Gasteiger partial charge on any atom is -0.326 e. The molecule has 0 radical (unpaired) electrons. The summed E-state index contributed by atoms with van der Waals surface area (Å²) in [4.78, 5) is 12.2. The fraction of sp³-hybridized carbons (Fsp3) is 0.222. The third kappa shape index (κ3) is 3.55. The normalized spacial score (nSPS) is 13.6. The number of hydrogen-bond acceptors (Lipinski definition) is 4. The average molecular weight is 337 g/mol. The molecule has 126 valence electrons. The monoisotopic (exact) mass is 337 g/mol. The summed E-state index contributed by atoms with van der Waals surface area (Å²) in [6.45, 7) is 0. The smallest absolute Gasteiger partial charge is 0.228 e. The summed E-state index contributed by atoms with van der Waals surface area (Å²) < 4.78 is 14.8. The minimum atomic E-state index is -0.315. The van der Waals surface area contributed by atoms with Gasteiger partial charge in [0.2, 0.25) is 5.91 Å². The quantitative estimate of drug-likeness (QED) is 0.777. The maximum atomic E-state index is 12.9. The summed E-state index contributed by atoms with van der Waals surface area (Å²) in [7, 11) is 0. The van der Waals surface area contributed by atoms with Gasteiger partial charge in [0.1, 0.15) is 5.82 Å². The molecule has 6 nitrogen and oxygen atoms in total. The molecule has 25 heavy (non-hydrogen) atoms. The van der Waals surface area contributed by atoms with Gasteiger partial charge in [0.05, 0.1) is 12.5 Å². The highest BCUT2D eigenvalue weighted by Gasteiger charge is 2.28. The van der Waals surface area contributed by atoms with Crippen molar-refractivity contribution >= 4 is 11.6 Å². The molecule has 1 aliphatic carbocycles. The molecule has 4 rings (SSSR count). The average Bonchev–Trinajstić information content (AvgIpc) is 3.34. The Morgan fingerprint density at radius 2 is 2.00 bits per heavy atom. The van der Waals surface area contributed by atoms with Gasteiger partial charge in [-0.05, 0) is 53.1 Å². The molecular weight excluding hydrogens is 321 g/mol. The van der Waals surface area contributed by atoms with E-state index in [2.05, 4.69) is 20.8 Å². The van der Waals surface area contributed by atoms with E-state index in [9.17, 15) is 9.18 Å². The molecule has 0 saturated heterocycles. The number of nitrogens with zero attached hydrogens (tertiary/aromatic N) is 4. The molecule has 0 spiro atoms. The highest BCUT2D eigenvalue weighted by molar-refractivity contribution is 5.92. The number of aromatic nitrogens is 4. The first-order valence-corrected chi connectivity index (χ1v) is 8.11. The van der Waals surface area contributed by atoms with E-state index in [1.807, 2.05) is 28.9 Å². The van der Waals surface area contributed by atoms with Gasteiger partial charge in [-0.25, -0.2) is 9.07 Å². The topological polar surface area (TPSA) is 72.7 Å². The Labute approximate surface area is 143 Å². The molecule has 1 amide bonds. The van der Waals surface area contributed by atoms with Gasteiger partial charge in [-0.1, -0.05) is 24.3 Å². The van der Waals surface area contributed by atoms with E-state index in [0.717, 1.165) is 24.0 Å². The van der Waals surface area contributed by atoms with Crippen molar-refractivity contribution < 1.29 is 9.18 Å². The van der Waals surface area contributed by atoms with Gasteiger partial charge in [-0.2, -0.15) is 0 Å². The van der Waals surface area contributed by atoms with E-state index in [1.54, 1.807) is 12.1 Å². The summed E-state index contributed by atoms with van der Waals surface area (Å²) in [5.74, 6) is 0.230. The first kappa shape index (κ1) is 15.4. The molecule has 1 aromatic heterocycles. The predicted molar refractivity (Wildman–Crippen MR) is 90.3 cm³/mol. The summed E-state index contributed by atoms with van der Waals surface area (Å²) in [5.41, 5.74) is 2.29. The molecule has 1 saturated carbocycles. The molecule has 1 aliphatic rings. The molecule has 3 aromatic rings. The van der Waals surface area contributed by atoms with Crippen LogP contribution in [0.4, 0.5) is 10.1 Å². The Kier molecular flexibility index (Phi) is 3.97. The molecule has 1 fully saturated rings. The lowest BCUT2D eigenvalue weighted by atomic mass is 10.1. The van der Waals surface area contributed by atoms with E-state index in [-0.39, 0.29) is 18.1 Å². The largest absolute Gasteiger partial charge is 0.326 e. The number of rotatable bonds is 5. The lowest BCUT2D eigenvalue weighted by Crippen LogP contribution is -2.14. The lowest BCUT2D eigenvalue weighted by molar-refractivity contribution is -0.115. The SMILES string of the molecule is O=C(Cc1ccc(F)cc1)Nc1cccc(-c2nnnn2C2CC2)c1. The maximum absolute atomic E-state index is 12.9. The van der Waals surface area contributed by atoms with Crippen LogP contribution in [0.5, 0.6) is 0 Å². The summed E-state index contributed by atoms with van der Waals surface area (Å²) in [6.07, 6.45) is 2.36. The first-order valence-electron chi connectivity index (χ1n) is 8.11. The summed E-state index contributed by atoms with van der Waals surface area (Å²) in [5, 5.41) is 14.8. The second-order valence-corrected chi connectivity index (χ2v) is 6.11. The summed E-state index contributed by atoms with van der Waals surface area (Å²) >= 11 is 0. The minimum absolute atomic E-state index is 0.162. The van der Waals surface area contributed by atoms with Crippen LogP contribution in [0.3, 0.4) is 0 Å². The molecule has 0 aliphatic heterocycles. The zero-order valence-electron chi connectivity index (χ0n) is 13.4. The fourth-order valence-corrected chi connectivity index (χ4v) is 2.68. The standard InChI is InChI=1S/C18H16FN5O/c19-14-6-4-12(5-7-14)10-17(25)20-15-3-1-2-13(11-15)18-21-22-23-24(18)16-8-9-16/h1-7,11,16H,8-10H2,(H,20,25). The molecule has 0 bridgehead atoms. The van der Waals surface area contributed by atoms with Crippen molar-refractivity contribution in [1.82, 2.24) is 20.2 Å².